The molecule has 0 aliphatic carbocycles. The molecule has 1 aromatic rings. The van der Waals surface area contributed by atoms with Crippen LogP contribution in [-0.4, -0.2) is 23.0 Å². The van der Waals surface area contributed by atoms with Gasteiger partial charge in [-0.25, -0.2) is 18.0 Å². The Kier molecular flexibility index (Phi) is 4.68. The van der Waals surface area contributed by atoms with Crippen molar-refractivity contribution in [2.45, 2.75) is 12.5 Å². The molecule has 0 saturated heterocycles. The molecule has 7 heteroatoms. The summed E-state index contributed by atoms with van der Waals surface area (Å²) in [7, 11) is 0. The van der Waals surface area contributed by atoms with Crippen molar-refractivity contribution < 1.29 is 27.9 Å². The third-order valence-electron chi connectivity index (χ3n) is 2.29. The van der Waals surface area contributed by atoms with Gasteiger partial charge in [-0.05, 0) is 18.6 Å². The first-order chi connectivity index (χ1) is 8.88. The largest absolute Gasteiger partial charge is 0.480 e. The van der Waals surface area contributed by atoms with E-state index in [9.17, 15) is 22.8 Å². The molecule has 0 aliphatic heterocycles. The van der Waals surface area contributed by atoms with E-state index in [1.54, 1.807) is 0 Å². The zero-order chi connectivity index (χ0) is 14.6. The molecular weight excluding hydrogens is 263 g/mol. The van der Waals surface area contributed by atoms with Gasteiger partial charge in [0.25, 0.3) is 5.91 Å². The molecule has 1 unspecified atom stereocenters. The van der Waals surface area contributed by atoms with Gasteiger partial charge in [0.05, 0.1) is 5.56 Å². The molecule has 0 radical (unpaired) electrons. The second-order valence-electron chi connectivity index (χ2n) is 3.61. The molecule has 0 bridgehead atoms. The number of aliphatic carboxylic acids is 1. The van der Waals surface area contributed by atoms with Crippen LogP contribution in [0.15, 0.2) is 24.8 Å². The molecule has 1 aromatic carbocycles. The van der Waals surface area contributed by atoms with Gasteiger partial charge in [-0.2, -0.15) is 0 Å². The van der Waals surface area contributed by atoms with Crippen molar-refractivity contribution in [3.63, 3.8) is 0 Å². The van der Waals surface area contributed by atoms with E-state index in [0.29, 0.717) is 6.07 Å². The van der Waals surface area contributed by atoms with E-state index in [4.69, 9.17) is 5.11 Å². The highest BCUT2D eigenvalue weighted by Gasteiger charge is 2.23. The number of carbonyl (C=O) groups excluding carboxylic acids is 1. The van der Waals surface area contributed by atoms with Crippen molar-refractivity contribution >= 4 is 11.9 Å². The fraction of sp³-hybridized carbons (Fsp3) is 0.167. The van der Waals surface area contributed by atoms with Crippen molar-refractivity contribution in [2.75, 3.05) is 0 Å². The first-order valence-corrected chi connectivity index (χ1v) is 5.16. The Morgan fingerprint density at radius 2 is 1.95 bits per heavy atom. The van der Waals surface area contributed by atoms with Crippen molar-refractivity contribution in [1.29, 1.82) is 0 Å². The fourth-order valence-corrected chi connectivity index (χ4v) is 1.33. The van der Waals surface area contributed by atoms with Crippen LogP contribution in [0.3, 0.4) is 0 Å². The molecule has 0 fully saturated rings. The van der Waals surface area contributed by atoms with Gasteiger partial charge >= 0.3 is 5.97 Å². The first-order valence-electron chi connectivity index (χ1n) is 5.16. The lowest BCUT2D eigenvalue weighted by Gasteiger charge is -2.13. The van der Waals surface area contributed by atoms with Crippen LogP contribution in [0.1, 0.15) is 16.8 Å². The van der Waals surface area contributed by atoms with Crippen molar-refractivity contribution in [2.24, 2.45) is 0 Å². The van der Waals surface area contributed by atoms with Gasteiger partial charge in [-0.3, -0.25) is 4.79 Å². The van der Waals surface area contributed by atoms with E-state index in [-0.39, 0.29) is 6.42 Å². The molecule has 0 spiro atoms. The second kappa shape index (κ2) is 6.03. The van der Waals surface area contributed by atoms with E-state index in [0.717, 1.165) is 6.07 Å². The van der Waals surface area contributed by atoms with Crippen molar-refractivity contribution in [3.8, 4) is 0 Å². The van der Waals surface area contributed by atoms with Gasteiger partial charge < -0.3 is 10.4 Å². The second-order valence-corrected chi connectivity index (χ2v) is 3.61. The molecule has 2 N–H and O–H groups in total. The van der Waals surface area contributed by atoms with Crippen molar-refractivity contribution in [3.05, 3.63) is 47.8 Å². The molecule has 1 rings (SSSR count). The standard InChI is InChI=1S/C12H10F3NO3/c1-2-3-8(12(18)19)16-11(17)6-4-5-7(13)10(15)9(6)14/h2,4-5,8H,1,3H2,(H,16,17)(H,18,19). The van der Waals surface area contributed by atoms with E-state index in [1.165, 1.54) is 6.08 Å². The summed E-state index contributed by atoms with van der Waals surface area (Å²) in [5.41, 5.74) is -0.769. The minimum Gasteiger partial charge on any atom is -0.480 e. The number of benzene rings is 1. The molecule has 1 amide bonds. The van der Waals surface area contributed by atoms with Gasteiger partial charge in [0.2, 0.25) is 0 Å². The summed E-state index contributed by atoms with van der Waals surface area (Å²) in [5.74, 6) is -7.39. The number of carboxylic acids is 1. The summed E-state index contributed by atoms with van der Waals surface area (Å²) >= 11 is 0. The van der Waals surface area contributed by atoms with Crippen LogP contribution in [-0.2, 0) is 4.79 Å². The van der Waals surface area contributed by atoms with Crippen LogP contribution in [0.4, 0.5) is 13.2 Å². The van der Waals surface area contributed by atoms with Crippen LogP contribution in [0.5, 0.6) is 0 Å². The lowest BCUT2D eigenvalue weighted by molar-refractivity contribution is -0.139. The highest BCUT2D eigenvalue weighted by Crippen LogP contribution is 2.15. The smallest absolute Gasteiger partial charge is 0.326 e. The monoisotopic (exact) mass is 273 g/mol. The number of hydrogen-bond donors (Lipinski definition) is 2. The summed E-state index contributed by atoms with van der Waals surface area (Å²) in [4.78, 5) is 22.4. The third kappa shape index (κ3) is 3.34. The Morgan fingerprint density at radius 1 is 1.32 bits per heavy atom. The van der Waals surface area contributed by atoms with E-state index in [1.807, 2.05) is 5.32 Å². The number of amides is 1. The molecule has 0 aliphatic rings. The maximum absolute atomic E-state index is 13.3. The molecule has 0 heterocycles. The van der Waals surface area contributed by atoms with Crippen LogP contribution >= 0.6 is 0 Å². The number of nitrogens with one attached hydrogen (secondary N) is 1. The van der Waals surface area contributed by atoms with Crippen LogP contribution in [0.25, 0.3) is 0 Å². The van der Waals surface area contributed by atoms with E-state index in [2.05, 4.69) is 6.58 Å². The Hall–Kier alpha value is -2.31. The predicted octanol–water partition coefficient (Wildman–Crippen LogP) is 1.86. The highest BCUT2D eigenvalue weighted by atomic mass is 19.2. The Balaban J connectivity index is 2.98. The van der Waals surface area contributed by atoms with Crippen molar-refractivity contribution in [1.82, 2.24) is 5.32 Å². The Bertz CT molecular complexity index is 531. The predicted molar refractivity (Wildman–Crippen MR) is 60.0 cm³/mol. The average molecular weight is 273 g/mol. The minimum atomic E-state index is -1.79. The maximum atomic E-state index is 13.3. The summed E-state index contributed by atoms with van der Waals surface area (Å²) in [6, 6.07) is -0.00974. The van der Waals surface area contributed by atoms with Crippen LogP contribution < -0.4 is 5.32 Å². The molecule has 102 valence electrons. The number of hydrogen-bond acceptors (Lipinski definition) is 2. The number of rotatable bonds is 5. The summed E-state index contributed by atoms with van der Waals surface area (Å²) in [6.45, 7) is 3.31. The van der Waals surface area contributed by atoms with Crippen LogP contribution in [0, 0.1) is 17.5 Å². The zero-order valence-electron chi connectivity index (χ0n) is 9.62. The summed E-state index contributed by atoms with van der Waals surface area (Å²) in [6.07, 6.45) is 1.16. The lowest BCUT2D eigenvalue weighted by atomic mass is 10.1. The van der Waals surface area contributed by atoms with Gasteiger partial charge in [0.1, 0.15) is 6.04 Å². The fourth-order valence-electron chi connectivity index (χ4n) is 1.33. The molecule has 0 saturated carbocycles. The Morgan fingerprint density at radius 3 is 2.47 bits per heavy atom. The number of carbonyl (C=O) groups is 2. The number of carboxylic acid groups (broad SMARTS) is 1. The van der Waals surface area contributed by atoms with E-state index < -0.39 is 40.9 Å². The summed E-state index contributed by atoms with van der Waals surface area (Å²) in [5, 5.41) is 10.8. The average Bonchev–Trinajstić information content (AvgIpc) is 2.35. The molecule has 0 aromatic heterocycles. The quantitative estimate of drug-likeness (QED) is 0.635. The normalized spacial score (nSPS) is 11.7. The van der Waals surface area contributed by atoms with Gasteiger partial charge in [-0.15, -0.1) is 6.58 Å². The molecule has 1 atom stereocenters. The van der Waals surface area contributed by atoms with Gasteiger partial charge in [-0.1, -0.05) is 6.08 Å². The number of halogens is 3. The first kappa shape index (κ1) is 14.7. The minimum absolute atomic E-state index is 0.0909. The third-order valence-corrected chi connectivity index (χ3v) is 2.29. The van der Waals surface area contributed by atoms with Gasteiger partial charge in [0, 0.05) is 0 Å². The molecule has 19 heavy (non-hydrogen) atoms. The lowest BCUT2D eigenvalue weighted by Crippen LogP contribution is -2.40. The highest BCUT2D eigenvalue weighted by molar-refractivity contribution is 5.96. The zero-order valence-corrected chi connectivity index (χ0v) is 9.62. The van der Waals surface area contributed by atoms with Crippen LogP contribution in [0.2, 0.25) is 0 Å². The maximum Gasteiger partial charge on any atom is 0.326 e. The van der Waals surface area contributed by atoms with E-state index >= 15 is 0 Å². The SMILES string of the molecule is C=CCC(NC(=O)c1ccc(F)c(F)c1F)C(=O)O. The summed E-state index contributed by atoms with van der Waals surface area (Å²) < 4.78 is 38.9. The van der Waals surface area contributed by atoms with Gasteiger partial charge in [0.15, 0.2) is 17.5 Å². The molecular formula is C12H10F3NO3. The topological polar surface area (TPSA) is 66.4 Å². The Labute approximate surface area is 106 Å². The molecule has 4 nitrogen and oxygen atoms in total.